The molecule has 1 saturated carbocycles. The number of hydrogen-bond donors (Lipinski definition) is 2. The first-order chi connectivity index (χ1) is 23.3. The molecule has 1 aliphatic carbocycles. The van der Waals surface area contributed by atoms with Gasteiger partial charge in [-0.05, 0) is 86.6 Å². The Hall–Kier alpha value is -4.40. The summed E-state index contributed by atoms with van der Waals surface area (Å²) in [6, 6.07) is 6.46. The fourth-order valence-corrected chi connectivity index (χ4v) is 9.12. The molecule has 0 amide bonds. The number of nitrogens with one attached hydrogen (secondary N) is 1. The molecule has 3 N–H and O–H groups in total. The first-order valence-electron chi connectivity index (χ1n) is 16.8. The quantitative estimate of drug-likeness (QED) is 0.198. The smallest absolute Gasteiger partial charge is 0.319 e. The van der Waals surface area contributed by atoms with Crippen LogP contribution in [0.25, 0.3) is 32.9 Å². The van der Waals surface area contributed by atoms with Gasteiger partial charge < -0.3 is 20.7 Å². The van der Waals surface area contributed by atoms with E-state index in [0.717, 1.165) is 50.9 Å². The average molecular weight is 652 g/mol. The van der Waals surface area contributed by atoms with Crippen LogP contribution in [0.2, 0.25) is 0 Å². The van der Waals surface area contributed by atoms with Gasteiger partial charge in [0.2, 0.25) is 0 Å². The molecule has 4 aliphatic heterocycles. The van der Waals surface area contributed by atoms with E-state index < -0.39 is 11.6 Å². The molecule has 0 spiro atoms. The number of fused-ring (bicyclic) bond motifs is 5. The molecule has 0 radical (unpaired) electrons. The van der Waals surface area contributed by atoms with Crippen molar-refractivity contribution in [2.24, 2.45) is 5.92 Å². The Bertz CT molecular complexity index is 2080. The summed E-state index contributed by atoms with van der Waals surface area (Å²) in [5, 5.41) is 5.30. The molecule has 2 bridgehead atoms. The van der Waals surface area contributed by atoms with Crippen LogP contribution in [-0.2, 0) is 0 Å². The lowest BCUT2D eigenvalue weighted by Gasteiger charge is -2.42. The summed E-state index contributed by atoms with van der Waals surface area (Å²) >= 11 is 0. The van der Waals surface area contributed by atoms with Crippen molar-refractivity contribution in [2.75, 3.05) is 43.4 Å². The second-order valence-corrected chi connectivity index (χ2v) is 14.4. The number of nitrogen functional groups attached to an aromatic ring is 1. The van der Waals surface area contributed by atoms with Crippen molar-refractivity contribution in [3.63, 3.8) is 0 Å². The summed E-state index contributed by atoms with van der Waals surface area (Å²) in [4.78, 5) is 18.7. The molecule has 5 fully saturated rings. The summed E-state index contributed by atoms with van der Waals surface area (Å²) in [6.45, 7) is 3.17. The Morgan fingerprint density at radius 3 is 2.85 bits per heavy atom. The second kappa shape index (κ2) is 10.8. The molecule has 6 heterocycles. The minimum Gasteiger partial charge on any atom is -0.461 e. The van der Waals surface area contributed by atoms with Crippen LogP contribution in [-0.4, -0.2) is 69.8 Å². The summed E-state index contributed by atoms with van der Waals surface area (Å²) in [5.41, 5.74) is 7.32. The van der Waals surface area contributed by atoms with Crippen LogP contribution in [0.5, 0.6) is 6.01 Å². The number of terminal acetylenes is 1. The highest BCUT2D eigenvalue weighted by Gasteiger charge is 2.53. The average Bonchev–Trinajstić information content (AvgIpc) is 3.70. The molecule has 3 atom stereocenters. The standard InChI is InChI=1S/C37H36F3N7O/c1-2-26-29(39)7-4-22-12-24(41)13-27(30(22)26)32-31(40)33-28(16-42-32)34(46-18-25-8-10-37(19-46,45-25)23-5-6-23)44-35(43-33)48-20-36-9-3-11-47(36)17-21(14-36)15-38/h1,4,7,12-13,15-16,23,25,45H,3,5-6,8-11,14,17-20,41H2/b21-15+/t25-,36-,37+/m0/s1. The summed E-state index contributed by atoms with van der Waals surface area (Å²) in [6.07, 6.45) is 15.1. The molecule has 0 unspecified atom stereocenters. The summed E-state index contributed by atoms with van der Waals surface area (Å²) in [7, 11) is 0. The number of aromatic nitrogens is 3. The summed E-state index contributed by atoms with van der Waals surface area (Å²) in [5.74, 6) is 2.34. The number of halogens is 3. The van der Waals surface area contributed by atoms with E-state index in [9.17, 15) is 8.78 Å². The van der Waals surface area contributed by atoms with Gasteiger partial charge in [-0.15, -0.1) is 6.42 Å². The van der Waals surface area contributed by atoms with Crippen LogP contribution in [0, 0.1) is 29.9 Å². The molecule has 2 aromatic heterocycles. The number of hydrogen-bond acceptors (Lipinski definition) is 8. The van der Waals surface area contributed by atoms with E-state index in [2.05, 4.69) is 31.0 Å². The number of piperazine rings is 1. The van der Waals surface area contributed by atoms with Gasteiger partial charge >= 0.3 is 6.01 Å². The first-order valence-corrected chi connectivity index (χ1v) is 16.8. The van der Waals surface area contributed by atoms with Gasteiger partial charge in [0.15, 0.2) is 5.82 Å². The second-order valence-electron chi connectivity index (χ2n) is 14.4. The van der Waals surface area contributed by atoms with E-state index in [-0.39, 0.29) is 46.0 Å². The van der Waals surface area contributed by atoms with E-state index >= 15 is 4.39 Å². The zero-order valence-electron chi connectivity index (χ0n) is 26.5. The molecule has 8 nitrogen and oxygen atoms in total. The Labute approximate surface area is 276 Å². The molecule has 11 heteroatoms. The van der Waals surface area contributed by atoms with Crippen molar-refractivity contribution in [2.45, 2.75) is 62.1 Å². The maximum Gasteiger partial charge on any atom is 0.319 e. The largest absolute Gasteiger partial charge is 0.461 e. The molecule has 48 heavy (non-hydrogen) atoms. The molecule has 5 aliphatic rings. The highest BCUT2D eigenvalue weighted by atomic mass is 19.1. The lowest BCUT2D eigenvalue weighted by Crippen LogP contribution is -2.61. The van der Waals surface area contributed by atoms with E-state index in [0.29, 0.717) is 58.9 Å². The van der Waals surface area contributed by atoms with Crippen LogP contribution in [0.3, 0.4) is 0 Å². The van der Waals surface area contributed by atoms with Gasteiger partial charge in [0.1, 0.15) is 29.5 Å². The van der Waals surface area contributed by atoms with Crippen molar-refractivity contribution >= 4 is 33.2 Å². The minimum atomic E-state index is -0.695. The van der Waals surface area contributed by atoms with Crippen LogP contribution in [0.4, 0.5) is 24.7 Å². The topological polar surface area (TPSA) is 92.4 Å². The molecular formula is C37H36F3N7O. The lowest BCUT2D eigenvalue weighted by molar-refractivity contribution is 0.108. The Morgan fingerprint density at radius 2 is 2.04 bits per heavy atom. The van der Waals surface area contributed by atoms with Gasteiger partial charge in [-0.3, -0.25) is 9.88 Å². The Kier molecular flexibility index (Phi) is 6.69. The van der Waals surface area contributed by atoms with E-state index in [1.807, 2.05) is 0 Å². The molecule has 246 valence electrons. The maximum atomic E-state index is 17.0. The van der Waals surface area contributed by atoms with Crippen LogP contribution >= 0.6 is 0 Å². The number of nitrogens with two attached hydrogens (primary N) is 1. The Morgan fingerprint density at radius 1 is 1.17 bits per heavy atom. The zero-order chi connectivity index (χ0) is 32.8. The zero-order valence-corrected chi connectivity index (χ0v) is 26.5. The predicted octanol–water partition coefficient (Wildman–Crippen LogP) is 5.88. The number of benzene rings is 2. The van der Waals surface area contributed by atoms with Crippen LogP contribution in [0.1, 0.15) is 50.5 Å². The van der Waals surface area contributed by atoms with E-state index in [1.54, 1.807) is 24.4 Å². The van der Waals surface area contributed by atoms with Crippen molar-refractivity contribution in [3.05, 3.63) is 59.6 Å². The monoisotopic (exact) mass is 651 g/mol. The third-order valence-electron chi connectivity index (χ3n) is 11.5. The van der Waals surface area contributed by atoms with Gasteiger partial charge in [-0.2, -0.15) is 9.97 Å². The van der Waals surface area contributed by atoms with Gasteiger partial charge in [0.25, 0.3) is 0 Å². The summed E-state index contributed by atoms with van der Waals surface area (Å²) < 4.78 is 51.9. The van der Waals surface area contributed by atoms with Gasteiger partial charge in [0, 0.05) is 54.0 Å². The third kappa shape index (κ3) is 4.56. The molecule has 2 aromatic carbocycles. The van der Waals surface area contributed by atoms with Gasteiger partial charge in [0.05, 0.1) is 22.8 Å². The number of nitrogens with zero attached hydrogens (tertiary/aromatic N) is 5. The number of anilines is 2. The highest BCUT2D eigenvalue weighted by molar-refractivity contribution is 6.03. The number of pyridine rings is 1. The fraction of sp³-hybridized carbons (Fsp3) is 0.432. The van der Waals surface area contributed by atoms with Crippen LogP contribution < -0.4 is 20.7 Å². The van der Waals surface area contributed by atoms with Crippen molar-refractivity contribution in [1.29, 1.82) is 0 Å². The van der Waals surface area contributed by atoms with E-state index in [4.69, 9.17) is 21.9 Å². The normalized spacial score (nSPS) is 27.7. The third-order valence-corrected chi connectivity index (χ3v) is 11.5. The number of ether oxygens (including phenoxy) is 1. The molecule has 4 aromatic rings. The SMILES string of the molecule is C#Cc1c(F)ccc2cc(N)cc(-c3ncc4c(N5C[C@@H]6CC[C@](C7CC7)(C5)N6)nc(OC[C@@]56CCCN5C/C(=C/F)C6)nc4c3F)c12. The van der Waals surface area contributed by atoms with Crippen molar-refractivity contribution in [3.8, 4) is 29.6 Å². The van der Waals surface area contributed by atoms with Crippen molar-refractivity contribution < 1.29 is 17.9 Å². The van der Waals surface area contributed by atoms with E-state index in [1.165, 1.54) is 18.9 Å². The maximum absolute atomic E-state index is 17.0. The molecule has 4 saturated heterocycles. The number of rotatable bonds is 6. The fourth-order valence-electron chi connectivity index (χ4n) is 9.12. The molecule has 9 rings (SSSR count). The van der Waals surface area contributed by atoms with Gasteiger partial charge in [-0.1, -0.05) is 12.0 Å². The highest BCUT2D eigenvalue weighted by Crippen LogP contribution is 2.49. The molecular weight excluding hydrogens is 615 g/mol. The van der Waals surface area contributed by atoms with Gasteiger partial charge in [-0.25, -0.2) is 13.2 Å². The predicted molar refractivity (Wildman–Crippen MR) is 179 cm³/mol. The Balaban J connectivity index is 1.19. The van der Waals surface area contributed by atoms with Crippen LogP contribution in [0.15, 0.2) is 42.4 Å². The first kappa shape index (κ1) is 29.7. The van der Waals surface area contributed by atoms with Crippen molar-refractivity contribution in [1.82, 2.24) is 25.2 Å². The lowest BCUT2D eigenvalue weighted by atomic mass is 9.90. The minimum absolute atomic E-state index is 0.00552.